The molecule has 0 aliphatic carbocycles. The number of carbonyl (C=O) groups is 1. The molecule has 0 aliphatic rings. The Bertz CT molecular complexity index is 938. The first-order valence-electron chi connectivity index (χ1n) is 6.95. The Morgan fingerprint density at radius 3 is 2.29 bits per heavy atom. The summed E-state index contributed by atoms with van der Waals surface area (Å²) in [6.45, 7) is 0. The lowest BCUT2D eigenvalue weighted by atomic mass is 10.1. The highest BCUT2D eigenvalue weighted by Gasteiger charge is 2.19. The number of rotatable bonds is 3. The number of nitrogens with two attached hydrogens (primary N) is 1. The third kappa shape index (κ3) is 2.86. The normalized spacial score (nSPS) is 10.8. The Balaban J connectivity index is 2.36. The second-order valence-electron chi connectivity index (χ2n) is 5.36. The van der Waals surface area contributed by atoms with Crippen LogP contribution in [0.5, 0.6) is 0 Å². The van der Waals surface area contributed by atoms with Crippen molar-refractivity contribution < 1.29 is 4.79 Å². The van der Waals surface area contributed by atoms with Gasteiger partial charge in [-0.2, -0.15) is 0 Å². The Morgan fingerprint density at radius 1 is 1.04 bits per heavy atom. The zero-order valence-electron chi connectivity index (χ0n) is 12.9. The van der Waals surface area contributed by atoms with Crippen LogP contribution < -0.4 is 10.6 Å². The summed E-state index contributed by atoms with van der Waals surface area (Å²) >= 11 is 12.2. The average Bonchev–Trinajstić information content (AvgIpc) is 2.51. The van der Waals surface area contributed by atoms with Crippen LogP contribution in [0.25, 0.3) is 22.3 Å². The first-order valence-corrected chi connectivity index (χ1v) is 7.71. The number of benzene rings is 1. The van der Waals surface area contributed by atoms with Crippen LogP contribution in [0.3, 0.4) is 0 Å². The summed E-state index contributed by atoms with van der Waals surface area (Å²) in [6.07, 6.45) is 2.84. The molecule has 3 aromatic rings. The van der Waals surface area contributed by atoms with Crippen molar-refractivity contribution in [2.24, 2.45) is 5.73 Å². The van der Waals surface area contributed by atoms with Crippen LogP contribution >= 0.6 is 23.2 Å². The summed E-state index contributed by atoms with van der Waals surface area (Å²) < 4.78 is 0. The van der Waals surface area contributed by atoms with Gasteiger partial charge in [0.15, 0.2) is 0 Å². The molecular weight excluding hydrogens is 349 g/mol. The molecule has 24 heavy (non-hydrogen) atoms. The van der Waals surface area contributed by atoms with Gasteiger partial charge in [0.1, 0.15) is 23.1 Å². The van der Waals surface area contributed by atoms with E-state index in [-0.39, 0.29) is 0 Å². The fraction of sp³-hybridized carbons (Fsp3) is 0.125. The second-order valence-corrected chi connectivity index (χ2v) is 6.23. The molecule has 0 spiro atoms. The average molecular weight is 362 g/mol. The minimum absolute atomic E-state index is 0.293. The molecule has 2 N–H and O–H groups in total. The van der Waals surface area contributed by atoms with Gasteiger partial charge >= 0.3 is 0 Å². The molecule has 6 nitrogen and oxygen atoms in total. The highest BCUT2D eigenvalue weighted by Crippen LogP contribution is 2.33. The number of primary amides is 1. The van der Waals surface area contributed by atoms with Crippen molar-refractivity contribution in [3.05, 3.63) is 46.3 Å². The molecule has 2 aromatic heterocycles. The summed E-state index contributed by atoms with van der Waals surface area (Å²) in [7, 11) is 3.61. The van der Waals surface area contributed by atoms with E-state index in [9.17, 15) is 4.79 Å². The molecule has 0 atom stereocenters. The van der Waals surface area contributed by atoms with Crippen LogP contribution in [0.2, 0.25) is 10.0 Å². The monoisotopic (exact) mass is 361 g/mol. The van der Waals surface area contributed by atoms with Gasteiger partial charge in [-0.3, -0.25) is 9.78 Å². The molecule has 0 aliphatic heterocycles. The Labute approximate surface area is 148 Å². The number of hydrogen-bond acceptors (Lipinski definition) is 5. The van der Waals surface area contributed by atoms with Crippen molar-refractivity contribution in [1.82, 2.24) is 15.0 Å². The molecule has 3 rings (SSSR count). The highest BCUT2D eigenvalue weighted by atomic mass is 35.5. The Kier molecular flexibility index (Phi) is 4.26. The summed E-state index contributed by atoms with van der Waals surface area (Å²) in [4.78, 5) is 26.4. The van der Waals surface area contributed by atoms with Gasteiger partial charge in [-0.1, -0.05) is 23.2 Å². The van der Waals surface area contributed by atoms with Gasteiger partial charge in [-0.25, -0.2) is 9.97 Å². The van der Waals surface area contributed by atoms with Crippen LogP contribution in [-0.2, 0) is 0 Å². The molecule has 0 saturated carbocycles. The minimum Gasteiger partial charge on any atom is -0.375 e. The van der Waals surface area contributed by atoms with E-state index in [1.54, 1.807) is 37.2 Å². The zero-order chi connectivity index (χ0) is 17.4. The number of anilines is 1. The molecular formula is C16H13Cl2N5O. The zero-order valence-corrected chi connectivity index (χ0v) is 14.4. The number of pyridine rings is 1. The maximum atomic E-state index is 11.7. The molecule has 8 heteroatoms. The van der Waals surface area contributed by atoms with Gasteiger partial charge in [-0.05, 0) is 18.2 Å². The van der Waals surface area contributed by atoms with E-state index in [4.69, 9.17) is 28.9 Å². The third-order valence-corrected chi connectivity index (χ3v) is 3.91. The molecule has 2 heterocycles. The van der Waals surface area contributed by atoms with Crippen molar-refractivity contribution in [2.75, 3.05) is 19.0 Å². The van der Waals surface area contributed by atoms with Gasteiger partial charge in [0.05, 0.1) is 11.3 Å². The standard InChI is InChI=1S/C16H13Cl2N5O/c1-23(2)15-11(16(19)24)6-20-13-12(21-7-22-14(13)15)8-3-9(17)5-10(18)4-8/h3-7H,1-2H3,(H2,19,24). The van der Waals surface area contributed by atoms with Crippen molar-refractivity contribution in [1.29, 1.82) is 0 Å². The Morgan fingerprint density at radius 2 is 1.71 bits per heavy atom. The smallest absolute Gasteiger partial charge is 0.252 e. The first kappa shape index (κ1) is 16.4. The molecule has 1 aromatic carbocycles. The Hall–Kier alpha value is -2.44. The van der Waals surface area contributed by atoms with Gasteiger partial charge in [0, 0.05) is 35.9 Å². The van der Waals surface area contributed by atoms with Gasteiger partial charge in [0.2, 0.25) is 0 Å². The molecule has 0 fully saturated rings. The van der Waals surface area contributed by atoms with Crippen LogP contribution in [-0.4, -0.2) is 35.0 Å². The number of amides is 1. The molecule has 0 radical (unpaired) electrons. The predicted molar refractivity (Wildman–Crippen MR) is 95.6 cm³/mol. The fourth-order valence-corrected chi connectivity index (χ4v) is 3.05. The maximum absolute atomic E-state index is 11.7. The van der Waals surface area contributed by atoms with Crippen molar-refractivity contribution >= 4 is 45.8 Å². The largest absolute Gasteiger partial charge is 0.375 e. The summed E-state index contributed by atoms with van der Waals surface area (Å²) in [5, 5.41) is 0.983. The van der Waals surface area contributed by atoms with Crippen molar-refractivity contribution in [3.8, 4) is 11.3 Å². The molecule has 122 valence electrons. The van der Waals surface area contributed by atoms with Crippen molar-refractivity contribution in [2.45, 2.75) is 0 Å². The van der Waals surface area contributed by atoms with Crippen molar-refractivity contribution in [3.63, 3.8) is 0 Å². The molecule has 0 saturated heterocycles. The fourth-order valence-electron chi connectivity index (χ4n) is 2.53. The van der Waals surface area contributed by atoms with E-state index in [1.807, 2.05) is 0 Å². The molecule has 1 amide bonds. The van der Waals surface area contributed by atoms with Crippen LogP contribution in [0.4, 0.5) is 5.69 Å². The number of halogens is 2. The quantitative estimate of drug-likeness (QED) is 0.774. The summed E-state index contributed by atoms with van der Waals surface area (Å²) in [6, 6.07) is 5.13. The van der Waals surface area contributed by atoms with E-state index >= 15 is 0 Å². The van der Waals surface area contributed by atoms with Crippen LogP contribution in [0, 0.1) is 0 Å². The third-order valence-electron chi connectivity index (χ3n) is 3.47. The van der Waals surface area contributed by atoms with E-state index < -0.39 is 5.91 Å². The maximum Gasteiger partial charge on any atom is 0.252 e. The van der Waals surface area contributed by atoms with Gasteiger partial charge in [-0.15, -0.1) is 0 Å². The van der Waals surface area contributed by atoms with E-state index in [0.717, 1.165) is 0 Å². The SMILES string of the molecule is CN(C)c1c(C(N)=O)cnc2c(-c3cc(Cl)cc(Cl)c3)ncnc12. The van der Waals surface area contributed by atoms with E-state index in [2.05, 4.69) is 15.0 Å². The lowest BCUT2D eigenvalue weighted by Crippen LogP contribution is -2.20. The number of aromatic nitrogens is 3. The molecule has 0 unspecified atom stereocenters. The van der Waals surface area contributed by atoms with Crippen LogP contribution in [0.15, 0.2) is 30.7 Å². The number of nitrogens with zero attached hydrogens (tertiary/aromatic N) is 4. The minimum atomic E-state index is -0.570. The first-order chi connectivity index (χ1) is 11.4. The topological polar surface area (TPSA) is 85.0 Å². The van der Waals surface area contributed by atoms with Gasteiger partial charge in [0.25, 0.3) is 5.91 Å². The highest BCUT2D eigenvalue weighted by molar-refractivity contribution is 6.35. The second kappa shape index (κ2) is 6.22. The number of hydrogen-bond donors (Lipinski definition) is 1. The molecule has 0 bridgehead atoms. The summed E-state index contributed by atoms with van der Waals surface area (Å²) in [5.74, 6) is -0.570. The van der Waals surface area contributed by atoms with Crippen LogP contribution in [0.1, 0.15) is 10.4 Å². The predicted octanol–water partition coefficient (Wildman–Crippen LogP) is 3.16. The van der Waals surface area contributed by atoms with E-state index in [1.165, 1.54) is 12.5 Å². The lowest BCUT2D eigenvalue weighted by Gasteiger charge is -2.18. The number of carbonyl (C=O) groups excluding carboxylic acids is 1. The summed E-state index contributed by atoms with van der Waals surface area (Å²) in [5.41, 5.74) is 8.67. The van der Waals surface area contributed by atoms with Gasteiger partial charge < -0.3 is 10.6 Å². The van der Waals surface area contributed by atoms with E-state index in [0.29, 0.717) is 43.6 Å². The number of fused-ring (bicyclic) bond motifs is 1. The lowest BCUT2D eigenvalue weighted by molar-refractivity contribution is 0.100.